The topological polar surface area (TPSA) is 107 Å². The zero-order chi connectivity index (χ0) is 17.2. The Labute approximate surface area is 138 Å². The predicted molar refractivity (Wildman–Crippen MR) is 81.7 cm³/mol. The molecule has 0 bridgehead atoms. The van der Waals surface area contributed by atoms with E-state index in [2.05, 4.69) is 0 Å². The monoisotopic (exact) mass is 361 g/mol. The van der Waals surface area contributed by atoms with E-state index in [0.717, 1.165) is 6.07 Å². The number of carbonyl (C=O) groups excluding carboxylic acids is 2. The number of carbonyl (C=O) groups is 2. The molecule has 0 unspecified atom stereocenters. The van der Waals surface area contributed by atoms with Gasteiger partial charge in [0.25, 0.3) is 15.9 Å². The second-order valence-electron chi connectivity index (χ2n) is 5.04. The lowest BCUT2D eigenvalue weighted by molar-refractivity contribution is -0.130. The second kappa shape index (κ2) is 6.83. The maximum atomic E-state index is 12.5. The highest BCUT2D eigenvalue weighted by atomic mass is 35.5. The van der Waals surface area contributed by atoms with Crippen molar-refractivity contribution in [2.75, 3.05) is 26.2 Å². The summed E-state index contributed by atoms with van der Waals surface area (Å²) in [6.07, 6.45) is 0. The molecule has 8 nitrogen and oxygen atoms in total. The molecule has 0 aliphatic carbocycles. The van der Waals surface area contributed by atoms with Crippen LogP contribution in [0.5, 0.6) is 0 Å². The van der Waals surface area contributed by atoms with E-state index in [1.807, 2.05) is 0 Å². The standard InChI is InChI=1S/C13H16ClN3O5S/c1-9(18)16-4-6-17(7-5-16)13(19)10-2-3-11(14)12(8-10)23(21,22)15-20/h2-3,8,15,20H,4-7H2,1H3. The molecule has 10 heteroatoms. The molecule has 1 fully saturated rings. The zero-order valence-corrected chi connectivity index (χ0v) is 13.9. The zero-order valence-electron chi connectivity index (χ0n) is 12.3. The van der Waals surface area contributed by atoms with E-state index in [1.54, 1.807) is 4.90 Å². The number of benzene rings is 1. The normalized spacial score (nSPS) is 15.6. The van der Waals surface area contributed by atoms with Gasteiger partial charge in [-0.05, 0) is 18.2 Å². The smallest absolute Gasteiger partial charge is 0.263 e. The van der Waals surface area contributed by atoms with Crippen molar-refractivity contribution in [3.8, 4) is 0 Å². The number of hydrogen-bond acceptors (Lipinski definition) is 5. The molecule has 1 aromatic rings. The molecule has 0 atom stereocenters. The number of halogens is 1. The van der Waals surface area contributed by atoms with Crippen LogP contribution in [0.3, 0.4) is 0 Å². The first kappa shape index (κ1) is 17.7. The Morgan fingerprint density at radius 3 is 2.26 bits per heavy atom. The molecule has 2 amide bonds. The molecule has 1 heterocycles. The van der Waals surface area contributed by atoms with Crippen LogP contribution in [0.1, 0.15) is 17.3 Å². The molecule has 0 spiro atoms. The Morgan fingerprint density at radius 2 is 1.74 bits per heavy atom. The summed E-state index contributed by atoms with van der Waals surface area (Å²) < 4.78 is 23.4. The Morgan fingerprint density at radius 1 is 1.17 bits per heavy atom. The number of hydrogen-bond donors (Lipinski definition) is 2. The van der Waals surface area contributed by atoms with Gasteiger partial charge in [-0.25, -0.2) is 8.42 Å². The Kier molecular flexibility index (Phi) is 5.25. The number of amides is 2. The minimum Gasteiger partial charge on any atom is -0.339 e. The number of nitrogens with one attached hydrogen (secondary N) is 1. The van der Waals surface area contributed by atoms with Gasteiger partial charge in [0.15, 0.2) is 0 Å². The van der Waals surface area contributed by atoms with Gasteiger partial charge in [0, 0.05) is 38.7 Å². The summed E-state index contributed by atoms with van der Waals surface area (Å²) in [6, 6.07) is 3.81. The van der Waals surface area contributed by atoms with Crippen LogP contribution >= 0.6 is 11.6 Å². The van der Waals surface area contributed by atoms with Gasteiger partial charge in [-0.1, -0.05) is 16.5 Å². The van der Waals surface area contributed by atoms with Gasteiger partial charge >= 0.3 is 0 Å². The second-order valence-corrected chi connectivity index (χ2v) is 7.07. The highest BCUT2D eigenvalue weighted by molar-refractivity contribution is 7.89. The molecule has 2 rings (SSSR count). The average Bonchev–Trinajstić information content (AvgIpc) is 2.54. The van der Waals surface area contributed by atoms with Gasteiger partial charge in [0.1, 0.15) is 4.90 Å². The average molecular weight is 362 g/mol. The lowest BCUT2D eigenvalue weighted by atomic mass is 10.2. The highest BCUT2D eigenvalue weighted by Crippen LogP contribution is 2.23. The van der Waals surface area contributed by atoms with Crippen LogP contribution in [-0.2, 0) is 14.8 Å². The van der Waals surface area contributed by atoms with Crippen LogP contribution in [0, 0.1) is 0 Å². The van der Waals surface area contributed by atoms with E-state index in [9.17, 15) is 18.0 Å². The van der Waals surface area contributed by atoms with Crippen LogP contribution in [0.25, 0.3) is 0 Å². The summed E-state index contributed by atoms with van der Waals surface area (Å²) in [5.41, 5.74) is 0.138. The third-order valence-corrected chi connectivity index (χ3v) is 5.20. The summed E-state index contributed by atoms with van der Waals surface area (Å²) >= 11 is 5.80. The fraction of sp³-hybridized carbons (Fsp3) is 0.385. The van der Waals surface area contributed by atoms with E-state index >= 15 is 0 Å². The maximum absolute atomic E-state index is 12.5. The lowest BCUT2D eigenvalue weighted by Gasteiger charge is -2.34. The summed E-state index contributed by atoms with van der Waals surface area (Å²) in [4.78, 5) is 27.7. The number of piperazine rings is 1. The van der Waals surface area contributed by atoms with Gasteiger partial charge in [-0.15, -0.1) is 0 Å². The maximum Gasteiger partial charge on any atom is 0.263 e. The van der Waals surface area contributed by atoms with E-state index in [1.165, 1.54) is 28.8 Å². The Bertz CT molecular complexity index is 729. The molecule has 23 heavy (non-hydrogen) atoms. The van der Waals surface area contributed by atoms with Crippen molar-refractivity contribution < 1.29 is 23.2 Å². The largest absolute Gasteiger partial charge is 0.339 e. The van der Waals surface area contributed by atoms with E-state index < -0.39 is 10.0 Å². The van der Waals surface area contributed by atoms with Crippen molar-refractivity contribution in [2.24, 2.45) is 0 Å². The molecular formula is C13H16ClN3O5S. The molecule has 1 aliphatic rings. The molecular weight excluding hydrogens is 346 g/mol. The van der Waals surface area contributed by atoms with E-state index in [4.69, 9.17) is 16.8 Å². The first-order valence-corrected chi connectivity index (χ1v) is 8.62. The van der Waals surface area contributed by atoms with Gasteiger partial charge in [-0.2, -0.15) is 0 Å². The summed E-state index contributed by atoms with van der Waals surface area (Å²) in [6.45, 7) is 3.05. The van der Waals surface area contributed by atoms with Gasteiger partial charge in [0.2, 0.25) is 5.91 Å². The number of nitrogens with zero attached hydrogens (tertiary/aromatic N) is 2. The van der Waals surface area contributed by atoms with Crippen LogP contribution in [0.4, 0.5) is 0 Å². The molecule has 1 aromatic carbocycles. The van der Waals surface area contributed by atoms with Crippen molar-refractivity contribution in [3.63, 3.8) is 0 Å². The molecule has 0 aromatic heterocycles. The summed E-state index contributed by atoms with van der Waals surface area (Å²) in [7, 11) is -4.19. The van der Waals surface area contributed by atoms with Crippen LogP contribution in [0.15, 0.2) is 23.1 Å². The van der Waals surface area contributed by atoms with Gasteiger partial charge in [-0.3, -0.25) is 9.59 Å². The van der Waals surface area contributed by atoms with E-state index in [-0.39, 0.29) is 27.3 Å². The molecule has 1 saturated heterocycles. The SMILES string of the molecule is CC(=O)N1CCN(C(=O)c2ccc(Cl)c(S(=O)(=O)NO)c2)CC1. The van der Waals surface area contributed by atoms with Crippen molar-refractivity contribution in [2.45, 2.75) is 11.8 Å². The highest BCUT2D eigenvalue weighted by Gasteiger charge is 2.25. The Hall–Kier alpha value is -1.68. The van der Waals surface area contributed by atoms with Crippen molar-refractivity contribution in [1.29, 1.82) is 0 Å². The van der Waals surface area contributed by atoms with E-state index in [0.29, 0.717) is 26.2 Å². The third-order valence-electron chi connectivity index (χ3n) is 3.60. The summed E-state index contributed by atoms with van der Waals surface area (Å²) in [5.74, 6) is -0.412. The van der Waals surface area contributed by atoms with Crippen LogP contribution in [0.2, 0.25) is 5.02 Å². The molecule has 0 radical (unpaired) electrons. The van der Waals surface area contributed by atoms with Crippen LogP contribution < -0.4 is 4.89 Å². The van der Waals surface area contributed by atoms with Crippen molar-refractivity contribution in [1.82, 2.24) is 14.7 Å². The van der Waals surface area contributed by atoms with Gasteiger partial charge in [0.05, 0.1) is 5.02 Å². The first-order chi connectivity index (χ1) is 10.8. The minimum absolute atomic E-state index is 0.0500. The first-order valence-electron chi connectivity index (χ1n) is 6.76. The number of sulfonamides is 1. The molecule has 1 aliphatic heterocycles. The van der Waals surface area contributed by atoms with Crippen molar-refractivity contribution >= 4 is 33.4 Å². The third kappa shape index (κ3) is 3.81. The van der Waals surface area contributed by atoms with Crippen LogP contribution in [-0.4, -0.2) is 61.4 Å². The molecule has 2 N–H and O–H groups in total. The fourth-order valence-electron chi connectivity index (χ4n) is 2.30. The quantitative estimate of drug-likeness (QED) is 0.753. The van der Waals surface area contributed by atoms with Crippen molar-refractivity contribution in [3.05, 3.63) is 28.8 Å². The Balaban J connectivity index is 2.21. The number of rotatable bonds is 3. The lowest BCUT2D eigenvalue weighted by Crippen LogP contribution is -2.50. The van der Waals surface area contributed by atoms with Gasteiger partial charge < -0.3 is 15.0 Å². The predicted octanol–water partition coefficient (Wildman–Crippen LogP) is 0.312. The molecule has 0 saturated carbocycles. The minimum atomic E-state index is -4.19. The molecule has 126 valence electrons. The summed E-state index contributed by atoms with van der Waals surface area (Å²) in [5, 5.41) is 8.59. The fourth-order valence-corrected chi connectivity index (χ4v) is 3.43.